The normalized spacial score (nSPS) is 14.9. The third-order valence-corrected chi connectivity index (χ3v) is 7.31. The molecule has 0 radical (unpaired) electrons. The smallest absolute Gasteiger partial charge is 0.268 e. The van der Waals surface area contributed by atoms with Crippen LogP contribution in [0.15, 0.2) is 47.4 Å². The third-order valence-electron chi connectivity index (χ3n) is 5.26. The van der Waals surface area contributed by atoms with E-state index in [-0.39, 0.29) is 29.1 Å². The fraction of sp³-hybridized carbons (Fsp3) is 0.409. The summed E-state index contributed by atoms with van der Waals surface area (Å²) >= 11 is 5.98. The van der Waals surface area contributed by atoms with Crippen LogP contribution < -0.4 is 14.4 Å². The van der Waals surface area contributed by atoms with E-state index in [0.717, 1.165) is 35.6 Å². The van der Waals surface area contributed by atoms with Gasteiger partial charge in [-0.2, -0.15) is 0 Å². The highest BCUT2D eigenvalue weighted by atomic mass is 35.5. The van der Waals surface area contributed by atoms with Crippen LogP contribution in [0.5, 0.6) is 5.75 Å². The molecule has 0 unspecified atom stereocenters. The van der Waals surface area contributed by atoms with Gasteiger partial charge in [0, 0.05) is 11.1 Å². The molecule has 0 aromatic heterocycles. The monoisotopic (exact) mass is 450 g/mol. The first-order valence-corrected chi connectivity index (χ1v) is 11.9. The highest BCUT2D eigenvalue weighted by Crippen LogP contribution is 2.31. The number of nitrogens with zero attached hydrogens (tertiary/aromatic N) is 1. The first-order valence-electron chi connectivity index (χ1n) is 10.0. The highest BCUT2D eigenvalue weighted by molar-refractivity contribution is 7.93. The average molecular weight is 451 g/mol. The second kappa shape index (κ2) is 9.71. The number of anilines is 1. The van der Waals surface area contributed by atoms with Gasteiger partial charge in [0.25, 0.3) is 10.0 Å². The maximum atomic E-state index is 13.6. The van der Waals surface area contributed by atoms with Crippen LogP contribution in [-0.2, 0) is 14.8 Å². The molecule has 0 bridgehead atoms. The SMILES string of the molecule is COc1ccc(C)cc1S(=O)(=O)N(CC(=O)NC1CCCCC1)c1ccc(Cl)cc1. The van der Waals surface area contributed by atoms with Gasteiger partial charge in [0.05, 0.1) is 12.8 Å². The Bertz CT molecular complexity index is 987. The number of benzene rings is 2. The highest BCUT2D eigenvalue weighted by Gasteiger charge is 2.31. The van der Waals surface area contributed by atoms with Crippen molar-refractivity contribution in [2.45, 2.75) is 50.0 Å². The van der Waals surface area contributed by atoms with Crippen LogP contribution in [0.3, 0.4) is 0 Å². The number of carbonyl (C=O) groups excluding carboxylic acids is 1. The quantitative estimate of drug-likeness (QED) is 0.682. The number of ether oxygens (including phenoxy) is 1. The number of rotatable bonds is 7. The molecule has 1 amide bonds. The molecule has 3 rings (SSSR count). The molecule has 2 aromatic carbocycles. The van der Waals surface area contributed by atoms with E-state index < -0.39 is 10.0 Å². The summed E-state index contributed by atoms with van der Waals surface area (Å²) in [6.45, 7) is 1.48. The second-order valence-corrected chi connectivity index (χ2v) is 9.81. The van der Waals surface area contributed by atoms with Gasteiger partial charge in [-0.3, -0.25) is 9.10 Å². The molecule has 0 saturated heterocycles. The van der Waals surface area contributed by atoms with Crippen LogP contribution in [0.4, 0.5) is 5.69 Å². The van der Waals surface area contributed by atoms with Gasteiger partial charge in [-0.15, -0.1) is 0 Å². The largest absolute Gasteiger partial charge is 0.495 e. The molecule has 8 heteroatoms. The molecule has 1 fully saturated rings. The van der Waals surface area contributed by atoms with E-state index in [0.29, 0.717) is 10.7 Å². The van der Waals surface area contributed by atoms with Crippen molar-refractivity contribution in [2.75, 3.05) is 18.0 Å². The van der Waals surface area contributed by atoms with Gasteiger partial charge in [0.2, 0.25) is 5.91 Å². The molecule has 1 aliphatic carbocycles. The van der Waals surface area contributed by atoms with E-state index in [2.05, 4.69) is 5.32 Å². The van der Waals surface area contributed by atoms with E-state index in [1.165, 1.54) is 13.5 Å². The zero-order valence-corrected chi connectivity index (χ0v) is 18.8. The van der Waals surface area contributed by atoms with Gasteiger partial charge < -0.3 is 10.1 Å². The van der Waals surface area contributed by atoms with E-state index in [4.69, 9.17) is 16.3 Å². The van der Waals surface area contributed by atoms with Gasteiger partial charge in [-0.05, 0) is 61.7 Å². The Hall–Kier alpha value is -2.25. The molecule has 0 atom stereocenters. The number of nitrogens with one attached hydrogen (secondary N) is 1. The lowest BCUT2D eigenvalue weighted by molar-refractivity contribution is -0.120. The summed E-state index contributed by atoms with van der Waals surface area (Å²) in [5.74, 6) is -0.0979. The molecular formula is C22H27ClN2O4S. The minimum Gasteiger partial charge on any atom is -0.495 e. The third kappa shape index (κ3) is 5.26. The minimum atomic E-state index is -4.06. The predicted octanol–water partition coefficient (Wildman–Crippen LogP) is 4.30. The van der Waals surface area contributed by atoms with Crippen molar-refractivity contribution in [3.05, 3.63) is 53.1 Å². The van der Waals surface area contributed by atoms with Gasteiger partial charge >= 0.3 is 0 Å². The van der Waals surface area contributed by atoms with E-state index in [1.807, 2.05) is 0 Å². The molecule has 0 heterocycles. The first kappa shape index (κ1) is 22.4. The number of carbonyl (C=O) groups is 1. The average Bonchev–Trinajstić information content (AvgIpc) is 2.73. The van der Waals surface area contributed by atoms with Gasteiger partial charge in [-0.1, -0.05) is 36.9 Å². The van der Waals surface area contributed by atoms with Crippen molar-refractivity contribution in [2.24, 2.45) is 0 Å². The Morgan fingerprint density at radius 1 is 1.13 bits per heavy atom. The maximum Gasteiger partial charge on any atom is 0.268 e. The zero-order valence-electron chi connectivity index (χ0n) is 17.2. The van der Waals surface area contributed by atoms with Crippen LogP contribution in [0.25, 0.3) is 0 Å². The number of sulfonamides is 1. The van der Waals surface area contributed by atoms with Crippen LogP contribution in [0, 0.1) is 6.92 Å². The van der Waals surface area contributed by atoms with Crippen molar-refractivity contribution in [1.29, 1.82) is 0 Å². The number of methoxy groups -OCH3 is 1. The molecule has 30 heavy (non-hydrogen) atoms. The summed E-state index contributed by atoms with van der Waals surface area (Å²) in [6.07, 6.45) is 5.16. The molecule has 1 aliphatic rings. The lowest BCUT2D eigenvalue weighted by Crippen LogP contribution is -2.45. The Labute approximate surface area is 183 Å². The van der Waals surface area contributed by atoms with Crippen molar-refractivity contribution in [3.8, 4) is 5.75 Å². The maximum absolute atomic E-state index is 13.6. The van der Waals surface area contributed by atoms with Crippen LogP contribution in [0.2, 0.25) is 5.02 Å². The summed E-state index contributed by atoms with van der Waals surface area (Å²) in [4.78, 5) is 12.8. The van der Waals surface area contributed by atoms with Crippen molar-refractivity contribution in [1.82, 2.24) is 5.32 Å². The number of hydrogen-bond acceptors (Lipinski definition) is 4. The Kier molecular flexibility index (Phi) is 7.26. The van der Waals surface area contributed by atoms with Gasteiger partial charge in [0.1, 0.15) is 17.2 Å². The Morgan fingerprint density at radius 3 is 2.43 bits per heavy atom. The molecule has 1 saturated carbocycles. The van der Waals surface area contributed by atoms with Crippen LogP contribution in [0.1, 0.15) is 37.7 Å². The molecule has 2 aromatic rings. The molecule has 1 N–H and O–H groups in total. The Balaban J connectivity index is 1.95. The van der Waals surface area contributed by atoms with Gasteiger partial charge in [-0.25, -0.2) is 8.42 Å². The zero-order chi connectivity index (χ0) is 21.7. The van der Waals surface area contributed by atoms with Crippen molar-refractivity contribution in [3.63, 3.8) is 0 Å². The minimum absolute atomic E-state index is 0.0189. The number of halogens is 1. The molecule has 6 nitrogen and oxygen atoms in total. The van der Waals surface area contributed by atoms with Gasteiger partial charge in [0.15, 0.2) is 0 Å². The molecule has 0 aliphatic heterocycles. The van der Waals surface area contributed by atoms with E-state index in [9.17, 15) is 13.2 Å². The summed E-state index contributed by atoms with van der Waals surface area (Å²) in [5.41, 5.74) is 1.14. The Morgan fingerprint density at radius 2 is 1.80 bits per heavy atom. The van der Waals surface area contributed by atoms with Crippen LogP contribution >= 0.6 is 11.6 Å². The summed E-state index contributed by atoms with van der Waals surface area (Å²) < 4.78 is 33.6. The molecule has 162 valence electrons. The van der Waals surface area contributed by atoms with E-state index in [1.54, 1.807) is 49.4 Å². The predicted molar refractivity (Wildman–Crippen MR) is 119 cm³/mol. The van der Waals surface area contributed by atoms with Crippen molar-refractivity contribution < 1.29 is 17.9 Å². The summed E-state index contributed by atoms with van der Waals surface area (Å²) in [7, 11) is -2.64. The fourth-order valence-corrected chi connectivity index (χ4v) is 5.47. The standard InChI is InChI=1S/C22H27ClN2O4S/c1-16-8-13-20(29-2)21(14-16)30(27,28)25(19-11-9-17(23)10-12-19)15-22(26)24-18-6-4-3-5-7-18/h8-14,18H,3-7,15H2,1-2H3,(H,24,26). The number of amides is 1. The topological polar surface area (TPSA) is 75.7 Å². The van der Waals surface area contributed by atoms with E-state index >= 15 is 0 Å². The lowest BCUT2D eigenvalue weighted by atomic mass is 9.95. The summed E-state index contributed by atoms with van der Waals surface area (Å²) in [5, 5.41) is 3.47. The van der Waals surface area contributed by atoms with Crippen LogP contribution in [-0.4, -0.2) is 34.0 Å². The summed E-state index contributed by atoms with van der Waals surface area (Å²) in [6, 6.07) is 11.4. The lowest BCUT2D eigenvalue weighted by Gasteiger charge is -2.27. The second-order valence-electron chi connectivity index (χ2n) is 7.54. The number of aryl methyl sites for hydroxylation is 1. The van der Waals surface area contributed by atoms with Crippen molar-refractivity contribution >= 4 is 33.2 Å². The number of hydrogen-bond donors (Lipinski definition) is 1. The first-order chi connectivity index (χ1) is 14.3. The molecular weight excluding hydrogens is 424 g/mol. The molecule has 0 spiro atoms. The fourth-order valence-electron chi connectivity index (χ4n) is 3.68.